The Labute approximate surface area is 112 Å². The van der Waals surface area contributed by atoms with Gasteiger partial charge in [-0.2, -0.15) is 0 Å². The molecule has 0 aromatic carbocycles. The maximum atomic E-state index is 8.71. The number of nitrogens with two attached hydrogens (primary N) is 1. The molecular formula is C12H30BN3O2. The van der Waals surface area contributed by atoms with Gasteiger partial charge in [-0.25, -0.2) is 0 Å². The summed E-state index contributed by atoms with van der Waals surface area (Å²) in [5.74, 6) is 0. The predicted octanol–water partition coefficient (Wildman–Crippen LogP) is -0.160. The van der Waals surface area contributed by atoms with Gasteiger partial charge >= 0.3 is 7.12 Å². The minimum absolute atomic E-state index is 0.225. The van der Waals surface area contributed by atoms with Crippen LogP contribution in [0.1, 0.15) is 25.7 Å². The highest BCUT2D eigenvalue weighted by Gasteiger charge is 2.08. The lowest BCUT2D eigenvalue weighted by Crippen LogP contribution is -2.32. The van der Waals surface area contributed by atoms with Gasteiger partial charge < -0.3 is 25.6 Å². The highest BCUT2D eigenvalue weighted by Crippen LogP contribution is 2.06. The minimum atomic E-state index is -1.17. The molecule has 0 fully saturated rings. The van der Waals surface area contributed by atoms with Gasteiger partial charge in [0.2, 0.25) is 0 Å². The first-order valence-corrected chi connectivity index (χ1v) is 6.86. The number of likely N-dealkylation sites (N-methyl/N-ethyl adjacent to an activating group) is 2. The number of hydrogen-bond acceptors (Lipinski definition) is 5. The van der Waals surface area contributed by atoms with Gasteiger partial charge in [0.15, 0.2) is 0 Å². The average Bonchev–Trinajstić information content (AvgIpc) is 2.29. The van der Waals surface area contributed by atoms with E-state index in [0.29, 0.717) is 6.32 Å². The normalized spacial score (nSPS) is 13.3. The van der Waals surface area contributed by atoms with E-state index < -0.39 is 7.12 Å². The first-order valence-electron chi connectivity index (χ1n) is 6.86. The summed E-state index contributed by atoms with van der Waals surface area (Å²) in [7, 11) is 5.11. The van der Waals surface area contributed by atoms with Crippen molar-refractivity contribution in [3.05, 3.63) is 0 Å². The summed E-state index contributed by atoms with van der Waals surface area (Å²) in [4.78, 5) is 4.48. The minimum Gasteiger partial charge on any atom is -0.427 e. The molecule has 4 N–H and O–H groups in total. The van der Waals surface area contributed by atoms with E-state index in [9.17, 15) is 0 Å². The van der Waals surface area contributed by atoms with E-state index in [-0.39, 0.29) is 6.04 Å². The molecule has 0 aliphatic heterocycles. The Balaban J connectivity index is 3.42. The third-order valence-corrected chi connectivity index (χ3v) is 3.10. The van der Waals surface area contributed by atoms with Crippen LogP contribution in [0.15, 0.2) is 0 Å². The molecule has 0 radical (unpaired) electrons. The van der Waals surface area contributed by atoms with E-state index in [1.165, 1.54) is 0 Å². The maximum Gasteiger partial charge on any atom is 0.451 e. The number of hydrogen-bond donors (Lipinski definition) is 3. The Bertz CT molecular complexity index is 194. The van der Waals surface area contributed by atoms with Crippen LogP contribution in [0.3, 0.4) is 0 Å². The fraction of sp³-hybridized carbons (Fsp3) is 1.00. The van der Waals surface area contributed by atoms with E-state index in [1.54, 1.807) is 0 Å². The largest absolute Gasteiger partial charge is 0.451 e. The molecule has 6 heteroatoms. The molecule has 0 aromatic heterocycles. The van der Waals surface area contributed by atoms with E-state index in [4.69, 9.17) is 15.8 Å². The lowest BCUT2D eigenvalue weighted by atomic mass is 9.83. The van der Waals surface area contributed by atoms with Crippen molar-refractivity contribution >= 4 is 7.12 Å². The average molecular weight is 259 g/mol. The molecule has 18 heavy (non-hydrogen) atoms. The summed E-state index contributed by atoms with van der Waals surface area (Å²) in [6.07, 6.45) is 4.23. The molecule has 0 aliphatic rings. The summed E-state index contributed by atoms with van der Waals surface area (Å²) in [5, 5.41) is 17.4. The molecular weight excluding hydrogens is 229 g/mol. The molecule has 1 atom stereocenters. The third kappa shape index (κ3) is 12.3. The van der Waals surface area contributed by atoms with Crippen LogP contribution in [0.4, 0.5) is 0 Å². The zero-order chi connectivity index (χ0) is 14.0. The van der Waals surface area contributed by atoms with Crippen LogP contribution < -0.4 is 5.73 Å². The molecule has 108 valence electrons. The molecule has 5 nitrogen and oxygen atoms in total. The Hall–Kier alpha value is -0.135. The fourth-order valence-electron chi connectivity index (χ4n) is 1.75. The Morgan fingerprint density at radius 2 is 1.67 bits per heavy atom. The van der Waals surface area contributed by atoms with Crippen LogP contribution in [0.5, 0.6) is 0 Å². The van der Waals surface area contributed by atoms with Gasteiger partial charge in [-0.05, 0) is 46.8 Å². The topological polar surface area (TPSA) is 73.0 Å². The SMILES string of the molecule is CN(C)CCN(C)CCC(N)CCCCB(O)O. The zero-order valence-corrected chi connectivity index (χ0v) is 12.2. The van der Waals surface area contributed by atoms with E-state index in [1.807, 2.05) is 0 Å². The second kappa shape index (κ2) is 10.8. The van der Waals surface area contributed by atoms with E-state index >= 15 is 0 Å². The van der Waals surface area contributed by atoms with Crippen LogP contribution in [0.2, 0.25) is 6.32 Å². The Morgan fingerprint density at radius 3 is 2.22 bits per heavy atom. The van der Waals surface area contributed by atoms with Crippen molar-refractivity contribution in [3.63, 3.8) is 0 Å². The smallest absolute Gasteiger partial charge is 0.427 e. The van der Waals surface area contributed by atoms with Gasteiger partial charge in [0.1, 0.15) is 0 Å². The van der Waals surface area contributed by atoms with Gasteiger partial charge in [-0.15, -0.1) is 0 Å². The van der Waals surface area contributed by atoms with Gasteiger partial charge in [0.25, 0.3) is 0 Å². The van der Waals surface area contributed by atoms with Crippen LogP contribution in [-0.4, -0.2) is 73.8 Å². The van der Waals surface area contributed by atoms with Crippen molar-refractivity contribution in [3.8, 4) is 0 Å². The van der Waals surface area contributed by atoms with E-state index in [0.717, 1.165) is 45.3 Å². The highest BCUT2D eigenvalue weighted by molar-refractivity contribution is 6.40. The van der Waals surface area contributed by atoms with Crippen LogP contribution in [0, 0.1) is 0 Å². The zero-order valence-electron chi connectivity index (χ0n) is 12.2. The summed E-state index contributed by atoms with van der Waals surface area (Å²) in [6, 6.07) is 0.225. The Kier molecular flexibility index (Phi) is 10.7. The lowest BCUT2D eigenvalue weighted by Gasteiger charge is -2.21. The van der Waals surface area contributed by atoms with Crippen molar-refractivity contribution in [2.24, 2.45) is 5.73 Å². The quantitative estimate of drug-likeness (QED) is 0.355. The molecule has 0 saturated heterocycles. The summed E-state index contributed by atoms with van der Waals surface area (Å²) < 4.78 is 0. The second-order valence-corrected chi connectivity index (χ2v) is 5.42. The molecule has 0 bridgehead atoms. The summed E-state index contributed by atoms with van der Waals surface area (Å²) in [5.41, 5.74) is 6.03. The van der Waals surface area contributed by atoms with Gasteiger partial charge in [-0.1, -0.05) is 12.8 Å². The van der Waals surface area contributed by atoms with Crippen LogP contribution in [-0.2, 0) is 0 Å². The predicted molar refractivity (Wildman–Crippen MR) is 77.5 cm³/mol. The van der Waals surface area contributed by atoms with Crippen molar-refractivity contribution in [1.29, 1.82) is 0 Å². The van der Waals surface area contributed by atoms with Gasteiger partial charge in [0.05, 0.1) is 0 Å². The number of unbranched alkanes of at least 4 members (excludes halogenated alkanes) is 1. The number of nitrogens with zero attached hydrogens (tertiary/aromatic N) is 2. The molecule has 0 spiro atoms. The van der Waals surface area contributed by atoms with E-state index in [2.05, 4.69) is 30.9 Å². The van der Waals surface area contributed by atoms with Crippen molar-refractivity contribution in [1.82, 2.24) is 9.80 Å². The van der Waals surface area contributed by atoms with Crippen molar-refractivity contribution in [2.75, 3.05) is 40.8 Å². The maximum absolute atomic E-state index is 8.71. The third-order valence-electron chi connectivity index (χ3n) is 3.10. The van der Waals surface area contributed by atoms with Crippen LogP contribution in [0.25, 0.3) is 0 Å². The molecule has 0 aromatic rings. The van der Waals surface area contributed by atoms with Crippen molar-refractivity contribution in [2.45, 2.75) is 38.0 Å². The summed E-state index contributed by atoms with van der Waals surface area (Å²) >= 11 is 0. The second-order valence-electron chi connectivity index (χ2n) is 5.42. The number of rotatable bonds is 11. The van der Waals surface area contributed by atoms with Gasteiger partial charge in [-0.3, -0.25) is 0 Å². The molecule has 0 aliphatic carbocycles. The highest BCUT2D eigenvalue weighted by atomic mass is 16.4. The first kappa shape index (κ1) is 17.9. The van der Waals surface area contributed by atoms with Crippen molar-refractivity contribution < 1.29 is 10.0 Å². The molecule has 0 saturated carbocycles. The standard InChI is InChI=1S/C12H30BN3O2/c1-15(2)10-11-16(3)9-7-12(14)6-4-5-8-13(17)18/h12,17-18H,4-11,14H2,1-3H3. The molecule has 0 amide bonds. The molecule has 1 unspecified atom stereocenters. The van der Waals surface area contributed by atoms with Crippen LogP contribution >= 0.6 is 0 Å². The lowest BCUT2D eigenvalue weighted by molar-refractivity contribution is 0.271. The molecule has 0 heterocycles. The fourth-order valence-corrected chi connectivity index (χ4v) is 1.75. The molecule has 0 rings (SSSR count). The summed E-state index contributed by atoms with van der Waals surface area (Å²) in [6.45, 7) is 3.16. The van der Waals surface area contributed by atoms with Gasteiger partial charge in [0, 0.05) is 19.1 Å². The Morgan fingerprint density at radius 1 is 1.00 bits per heavy atom. The monoisotopic (exact) mass is 259 g/mol. The first-order chi connectivity index (χ1) is 8.41.